The summed E-state index contributed by atoms with van der Waals surface area (Å²) in [5.41, 5.74) is 0.630. The number of carbonyl (C=O) groups excluding carboxylic acids is 3. The summed E-state index contributed by atoms with van der Waals surface area (Å²) in [5, 5.41) is 13.4. The number of nitrogens with zero attached hydrogens (tertiary/aromatic N) is 10. The van der Waals surface area contributed by atoms with Crippen LogP contribution in [0, 0.1) is 5.92 Å². The summed E-state index contributed by atoms with van der Waals surface area (Å²) in [4.78, 5) is 61.5. The minimum Gasteiger partial charge on any atom is -0.375 e. The van der Waals surface area contributed by atoms with Crippen LogP contribution in [0.1, 0.15) is 86.4 Å². The molecule has 3 aliphatic heterocycles. The van der Waals surface area contributed by atoms with Gasteiger partial charge in [-0.05, 0) is 76.6 Å². The molecule has 0 bridgehead atoms. The number of nitrogens with one attached hydrogen (secondary N) is 2. The zero-order valence-corrected chi connectivity index (χ0v) is 35.2. The number of hydrogen-bond acceptors (Lipinski definition) is 11. The van der Waals surface area contributed by atoms with E-state index in [1.54, 1.807) is 54.4 Å². The molecule has 63 heavy (non-hydrogen) atoms. The Kier molecular flexibility index (Phi) is 11.3. The lowest BCUT2D eigenvalue weighted by atomic mass is 9.85. The quantitative estimate of drug-likeness (QED) is 0.149. The topological polar surface area (TPSA) is 169 Å². The molecule has 7 heterocycles. The number of piperidine rings is 2. The van der Waals surface area contributed by atoms with Gasteiger partial charge in [-0.15, -0.1) is 0 Å². The molecule has 336 valence electrons. The number of amides is 3. The van der Waals surface area contributed by atoms with Gasteiger partial charge in [0.2, 0.25) is 11.8 Å². The molecule has 3 saturated heterocycles. The summed E-state index contributed by atoms with van der Waals surface area (Å²) in [6.45, 7) is 3.93. The van der Waals surface area contributed by atoms with Crippen molar-refractivity contribution in [1.82, 2.24) is 43.7 Å². The summed E-state index contributed by atoms with van der Waals surface area (Å²) in [6, 6.07) is 4.72. The molecule has 3 amide bonds. The summed E-state index contributed by atoms with van der Waals surface area (Å²) < 4.78 is 72.3. The second kappa shape index (κ2) is 16.7. The van der Waals surface area contributed by atoms with Crippen LogP contribution in [0.5, 0.6) is 0 Å². The van der Waals surface area contributed by atoms with Gasteiger partial charge in [-0.1, -0.05) is 6.07 Å². The second-order valence-corrected chi connectivity index (χ2v) is 17.3. The number of imidazole rings is 1. The molecule has 21 heteroatoms. The van der Waals surface area contributed by atoms with Gasteiger partial charge < -0.3 is 19.9 Å². The number of fused-ring (bicyclic) bond motifs is 2. The zero-order chi connectivity index (χ0) is 44.3. The molecule has 1 saturated carbocycles. The molecule has 0 spiro atoms. The highest BCUT2D eigenvalue weighted by Crippen LogP contribution is 2.39. The molecule has 9 rings (SSSR count). The van der Waals surface area contributed by atoms with Gasteiger partial charge in [-0.2, -0.15) is 10.2 Å². The fraction of sp³-hybridized carbons (Fsp3) is 0.548. The average Bonchev–Trinajstić information content (AvgIpc) is 3.95. The van der Waals surface area contributed by atoms with Crippen molar-refractivity contribution < 1.29 is 36.7 Å². The van der Waals surface area contributed by atoms with Crippen molar-refractivity contribution in [3.63, 3.8) is 0 Å². The molecule has 1 aromatic carbocycles. The first kappa shape index (κ1) is 42.5. The molecule has 4 aliphatic rings. The summed E-state index contributed by atoms with van der Waals surface area (Å²) in [6.07, 6.45) is 4.48. The molecule has 2 N–H and O–H groups in total. The first-order valence-electron chi connectivity index (χ1n) is 21.4. The fourth-order valence-corrected chi connectivity index (χ4v) is 9.97. The van der Waals surface area contributed by atoms with E-state index >= 15 is 8.78 Å². The SMILES string of the molecule is C[C@@H]1CN(c2ccn3ncc(C(=O)Nc4cn([C@H]5CC[C@H](CN(C)C6CCN(c7cccc8c7n(C)c(=O)n8C7CCC(=O)NC7=O)CC6(F)F)CC5)nc4C(F)F)c3n2)CCO1. The predicted molar refractivity (Wildman–Crippen MR) is 224 cm³/mol. The minimum atomic E-state index is -3.11. The Morgan fingerprint density at radius 1 is 1.06 bits per heavy atom. The number of para-hydroxylation sites is 1. The minimum absolute atomic E-state index is 0.0135. The highest BCUT2D eigenvalue weighted by Gasteiger charge is 2.47. The molecule has 4 aromatic heterocycles. The predicted octanol–water partition coefficient (Wildman–Crippen LogP) is 4.55. The third-order valence-electron chi connectivity index (χ3n) is 13.2. The molecule has 3 atom stereocenters. The molecule has 0 radical (unpaired) electrons. The Hall–Kier alpha value is -5.83. The van der Waals surface area contributed by atoms with E-state index in [1.165, 1.54) is 30.7 Å². The van der Waals surface area contributed by atoms with Crippen LogP contribution in [0.2, 0.25) is 0 Å². The largest absolute Gasteiger partial charge is 0.375 e. The van der Waals surface area contributed by atoms with E-state index in [4.69, 9.17) is 4.74 Å². The van der Waals surface area contributed by atoms with Crippen LogP contribution in [0.15, 0.2) is 47.7 Å². The Labute approximate surface area is 358 Å². The van der Waals surface area contributed by atoms with E-state index in [-0.39, 0.29) is 54.2 Å². The molecule has 5 aromatic rings. The van der Waals surface area contributed by atoms with Crippen LogP contribution in [0.3, 0.4) is 0 Å². The standard InChI is InChI=1S/C42H50F4N12O5/c1-24-20-54(17-18-63-24)33-14-16-56-38(49-33)27(19-47-56)39(60)48-28-22-57(51-35(28)37(43)44)26-9-7-25(8-10-26)21-52(2)32-13-15-55(23-42(32,45)46)29-5-4-6-30-36(29)53(3)41(62)58(30)31-11-12-34(59)50-40(31)61/h4-6,14,16,19,22,24-26,31-32,37H,7-13,15,17-18,20-21,23H2,1-3H3,(H,48,60)(H,50,59,61)/t24-,25-,26-,31?,32?/m1/s1. The van der Waals surface area contributed by atoms with E-state index < -0.39 is 60.1 Å². The Bertz CT molecular complexity index is 2620. The van der Waals surface area contributed by atoms with Gasteiger partial charge in [-0.3, -0.25) is 38.4 Å². The number of carbonyl (C=O) groups is 3. The summed E-state index contributed by atoms with van der Waals surface area (Å²) in [5.74, 6) is -3.99. The number of rotatable bonds is 10. The van der Waals surface area contributed by atoms with Crippen LogP contribution in [0.25, 0.3) is 16.7 Å². The molecule has 4 fully saturated rings. The summed E-state index contributed by atoms with van der Waals surface area (Å²) in [7, 11) is 3.26. The number of anilines is 3. The molecule has 17 nitrogen and oxygen atoms in total. The maximum atomic E-state index is 16.2. The van der Waals surface area contributed by atoms with Gasteiger partial charge in [0.05, 0.1) is 59.9 Å². The van der Waals surface area contributed by atoms with Crippen LogP contribution in [-0.4, -0.2) is 121 Å². The Morgan fingerprint density at radius 2 is 1.86 bits per heavy atom. The lowest BCUT2D eigenvalue weighted by Gasteiger charge is -2.44. The van der Waals surface area contributed by atoms with Crippen LogP contribution < -0.4 is 26.1 Å². The van der Waals surface area contributed by atoms with E-state index in [0.717, 1.165) is 0 Å². The zero-order valence-electron chi connectivity index (χ0n) is 35.2. The third kappa shape index (κ3) is 8.04. The van der Waals surface area contributed by atoms with Crippen molar-refractivity contribution in [2.45, 2.75) is 88.4 Å². The Morgan fingerprint density at radius 3 is 2.59 bits per heavy atom. The van der Waals surface area contributed by atoms with E-state index in [1.807, 2.05) is 6.92 Å². The average molecular weight is 879 g/mol. The number of halogens is 4. The first-order chi connectivity index (χ1) is 30.2. The van der Waals surface area contributed by atoms with E-state index in [0.29, 0.717) is 81.0 Å². The smallest absolute Gasteiger partial charge is 0.329 e. The number of morpholine rings is 1. The van der Waals surface area contributed by atoms with Gasteiger partial charge >= 0.3 is 5.69 Å². The van der Waals surface area contributed by atoms with Gasteiger partial charge in [0.1, 0.15) is 17.4 Å². The number of benzene rings is 1. The van der Waals surface area contributed by atoms with Crippen molar-refractivity contribution in [3.05, 3.63) is 64.6 Å². The van der Waals surface area contributed by atoms with E-state index in [2.05, 4.69) is 30.7 Å². The number of aryl methyl sites for hydroxylation is 1. The van der Waals surface area contributed by atoms with Crippen LogP contribution in [0.4, 0.5) is 34.8 Å². The normalized spacial score (nSPS) is 24.5. The number of imide groups is 1. The third-order valence-corrected chi connectivity index (χ3v) is 13.2. The fourth-order valence-electron chi connectivity index (χ4n) is 9.97. The summed E-state index contributed by atoms with van der Waals surface area (Å²) >= 11 is 0. The molecule has 1 aliphatic carbocycles. The monoisotopic (exact) mass is 878 g/mol. The van der Waals surface area contributed by atoms with Gasteiger partial charge in [-0.25, -0.2) is 31.9 Å². The maximum Gasteiger partial charge on any atom is 0.329 e. The van der Waals surface area contributed by atoms with Crippen LogP contribution >= 0.6 is 0 Å². The van der Waals surface area contributed by atoms with E-state index in [9.17, 15) is 28.0 Å². The number of hydrogen-bond donors (Lipinski definition) is 2. The maximum absolute atomic E-state index is 16.2. The second-order valence-electron chi connectivity index (χ2n) is 17.3. The van der Waals surface area contributed by atoms with Crippen molar-refractivity contribution >= 4 is 51.6 Å². The van der Waals surface area contributed by atoms with Gasteiger partial charge in [0.25, 0.3) is 18.3 Å². The number of aromatic nitrogens is 7. The lowest BCUT2D eigenvalue weighted by Crippen LogP contribution is -2.58. The van der Waals surface area contributed by atoms with Crippen molar-refractivity contribution in [1.29, 1.82) is 0 Å². The highest BCUT2D eigenvalue weighted by atomic mass is 19.3. The number of ether oxygens (including phenoxy) is 1. The molecular formula is C42H50F4N12O5. The molecular weight excluding hydrogens is 829 g/mol. The van der Waals surface area contributed by atoms with Crippen LogP contribution in [-0.2, 0) is 21.4 Å². The van der Waals surface area contributed by atoms with Gasteiger partial charge in [0, 0.05) is 52.0 Å². The highest BCUT2D eigenvalue weighted by molar-refractivity contribution is 6.08. The van der Waals surface area contributed by atoms with Crippen molar-refractivity contribution in [2.24, 2.45) is 13.0 Å². The molecule has 2 unspecified atom stereocenters. The number of alkyl halides is 4. The lowest BCUT2D eigenvalue weighted by molar-refractivity contribution is -0.135. The Balaban J connectivity index is 0.827. The first-order valence-corrected chi connectivity index (χ1v) is 21.4. The van der Waals surface area contributed by atoms with Crippen molar-refractivity contribution in [2.75, 3.05) is 61.5 Å². The van der Waals surface area contributed by atoms with Gasteiger partial charge in [0.15, 0.2) is 11.3 Å². The van der Waals surface area contributed by atoms with Crippen molar-refractivity contribution in [3.8, 4) is 0 Å².